The van der Waals surface area contributed by atoms with E-state index in [9.17, 15) is 4.79 Å². The van der Waals surface area contributed by atoms with Crippen LogP contribution in [0.3, 0.4) is 0 Å². The third-order valence-corrected chi connectivity index (χ3v) is 7.79. The average Bonchev–Trinajstić information content (AvgIpc) is 3.30. The van der Waals surface area contributed by atoms with E-state index in [1.807, 2.05) is 17.4 Å². The summed E-state index contributed by atoms with van der Waals surface area (Å²) >= 11 is 3.55. The lowest BCUT2D eigenvalue weighted by atomic mass is 9.77. The number of fused-ring (bicyclic) bond motifs is 2. The predicted molar refractivity (Wildman–Crippen MR) is 110 cm³/mol. The molecule has 4 rings (SSSR count). The van der Waals surface area contributed by atoms with Gasteiger partial charge in [0.1, 0.15) is 0 Å². The molecular weight excluding hydrogens is 360 g/mol. The first kappa shape index (κ1) is 17.7. The van der Waals surface area contributed by atoms with Crippen LogP contribution in [-0.4, -0.2) is 22.3 Å². The molecule has 1 aliphatic rings. The zero-order chi connectivity index (χ0) is 18.1. The molecule has 0 unspecified atom stereocenters. The topological polar surface area (TPSA) is 33.2 Å². The fourth-order valence-corrected chi connectivity index (χ4v) is 5.92. The van der Waals surface area contributed by atoms with Crippen LogP contribution < -0.4 is 0 Å². The second-order valence-corrected chi connectivity index (χ2v) is 9.20. The second kappa shape index (κ2) is 7.12. The molecule has 0 saturated heterocycles. The maximum atomic E-state index is 13.5. The largest absolute Gasteiger partial charge is 0.337 e. The maximum absolute atomic E-state index is 13.5. The molecule has 0 atom stereocenters. The molecule has 0 bridgehead atoms. The van der Waals surface area contributed by atoms with Gasteiger partial charge in [-0.25, -0.2) is 4.98 Å². The van der Waals surface area contributed by atoms with E-state index in [0.29, 0.717) is 5.91 Å². The number of para-hydroxylation sites is 1. The number of carbonyl (C=O) groups excluding carboxylic acids is 1. The monoisotopic (exact) mass is 384 g/mol. The van der Waals surface area contributed by atoms with Gasteiger partial charge in [0.15, 0.2) is 0 Å². The van der Waals surface area contributed by atoms with E-state index in [-0.39, 0.29) is 5.41 Å². The number of benzene rings is 1. The molecule has 1 amide bonds. The van der Waals surface area contributed by atoms with Crippen molar-refractivity contribution in [3.63, 3.8) is 0 Å². The van der Waals surface area contributed by atoms with Gasteiger partial charge in [0, 0.05) is 24.4 Å². The first-order chi connectivity index (χ1) is 12.6. The lowest BCUT2D eigenvalue weighted by Crippen LogP contribution is -2.46. The minimum absolute atomic E-state index is 0.304. The fourth-order valence-electron chi connectivity index (χ4n) is 3.92. The normalized spacial score (nSPS) is 14.6. The second-order valence-electron chi connectivity index (χ2n) is 7.09. The van der Waals surface area contributed by atoms with Crippen molar-refractivity contribution in [2.45, 2.75) is 46.1 Å². The Labute approximate surface area is 162 Å². The summed E-state index contributed by atoms with van der Waals surface area (Å²) < 4.78 is 1.21. The zero-order valence-corrected chi connectivity index (χ0v) is 17.0. The molecule has 3 nitrogen and oxygen atoms in total. The summed E-state index contributed by atoms with van der Waals surface area (Å²) in [4.78, 5) is 21.9. The van der Waals surface area contributed by atoms with Crippen LogP contribution in [0.2, 0.25) is 0 Å². The van der Waals surface area contributed by atoms with Crippen LogP contribution in [0.15, 0.2) is 35.7 Å². The van der Waals surface area contributed by atoms with Gasteiger partial charge in [-0.3, -0.25) is 4.79 Å². The molecule has 3 aromatic rings. The van der Waals surface area contributed by atoms with Gasteiger partial charge in [-0.05, 0) is 48.4 Å². The van der Waals surface area contributed by atoms with Crippen molar-refractivity contribution >= 4 is 38.8 Å². The van der Waals surface area contributed by atoms with E-state index in [1.54, 1.807) is 11.3 Å². The minimum atomic E-state index is -0.346. The Kier molecular flexibility index (Phi) is 4.84. The van der Waals surface area contributed by atoms with Crippen molar-refractivity contribution < 1.29 is 4.79 Å². The highest BCUT2D eigenvalue weighted by Gasteiger charge is 2.40. The number of aromatic nitrogens is 1. The smallest absolute Gasteiger partial charge is 0.229 e. The molecule has 5 heteroatoms. The first-order valence-corrected chi connectivity index (χ1v) is 11.0. The van der Waals surface area contributed by atoms with Gasteiger partial charge in [-0.2, -0.15) is 0 Å². The van der Waals surface area contributed by atoms with E-state index in [1.165, 1.54) is 15.1 Å². The summed E-state index contributed by atoms with van der Waals surface area (Å²) in [7, 11) is 0. The molecule has 0 saturated carbocycles. The third kappa shape index (κ3) is 3.08. The Bertz CT molecular complexity index is 890. The summed E-state index contributed by atoms with van der Waals surface area (Å²) in [6.07, 6.45) is 3.44. The van der Waals surface area contributed by atoms with Crippen LogP contribution in [0.4, 0.5) is 0 Å². The third-order valence-electron chi connectivity index (χ3n) is 5.73. The number of amides is 1. The number of carbonyl (C=O) groups is 1. The highest BCUT2D eigenvalue weighted by Crippen LogP contribution is 2.37. The quantitative estimate of drug-likeness (QED) is 0.599. The molecule has 1 aromatic carbocycles. The van der Waals surface area contributed by atoms with Crippen molar-refractivity contribution in [1.29, 1.82) is 0 Å². The van der Waals surface area contributed by atoms with Crippen molar-refractivity contribution in [2.24, 2.45) is 5.41 Å². The van der Waals surface area contributed by atoms with Crippen LogP contribution in [0.5, 0.6) is 0 Å². The van der Waals surface area contributed by atoms with E-state index in [4.69, 9.17) is 4.98 Å². The molecule has 1 aliphatic heterocycles. The first-order valence-electron chi connectivity index (χ1n) is 9.34. The highest BCUT2D eigenvalue weighted by molar-refractivity contribution is 7.18. The van der Waals surface area contributed by atoms with Gasteiger partial charge in [0.25, 0.3) is 0 Å². The SMILES string of the molecule is CCC(CC)(Cc1nc2ccccc2s1)C(=O)N1CCc2sccc2C1. The predicted octanol–water partition coefficient (Wildman–Crippen LogP) is 5.29. The molecule has 3 heterocycles. The van der Waals surface area contributed by atoms with E-state index >= 15 is 0 Å². The molecule has 0 spiro atoms. The van der Waals surface area contributed by atoms with Crippen LogP contribution in [0.1, 0.15) is 42.1 Å². The number of nitrogens with zero attached hydrogens (tertiary/aromatic N) is 2. The maximum Gasteiger partial charge on any atom is 0.229 e. The van der Waals surface area contributed by atoms with E-state index < -0.39 is 0 Å². The van der Waals surface area contributed by atoms with Gasteiger partial charge in [-0.1, -0.05) is 26.0 Å². The fraction of sp³-hybridized carbons (Fsp3) is 0.429. The molecule has 0 aliphatic carbocycles. The van der Waals surface area contributed by atoms with Gasteiger partial charge >= 0.3 is 0 Å². The lowest BCUT2D eigenvalue weighted by molar-refractivity contribution is -0.143. The Morgan fingerprint density at radius 3 is 2.81 bits per heavy atom. The summed E-state index contributed by atoms with van der Waals surface area (Å²) in [6.45, 7) is 5.90. The molecule has 2 aromatic heterocycles. The van der Waals surface area contributed by atoms with Crippen molar-refractivity contribution in [3.8, 4) is 0 Å². The summed E-state index contributed by atoms with van der Waals surface area (Å²) in [6, 6.07) is 10.4. The molecule has 136 valence electrons. The summed E-state index contributed by atoms with van der Waals surface area (Å²) in [5.74, 6) is 0.304. The Morgan fingerprint density at radius 1 is 1.23 bits per heavy atom. The van der Waals surface area contributed by atoms with Crippen molar-refractivity contribution in [3.05, 3.63) is 51.2 Å². The molecule has 26 heavy (non-hydrogen) atoms. The van der Waals surface area contributed by atoms with Crippen molar-refractivity contribution in [1.82, 2.24) is 9.88 Å². The van der Waals surface area contributed by atoms with Crippen LogP contribution in [0, 0.1) is 5.41 Å². The highest BCUT2D eigenvalue weighted by atomic mass is 32.1. The number of thiophene rings is 1. The Balaban J connectivity index is 1.60. The van der Waals surface area contributed by atoms with Gasteiger partial charge in [0.05, 0.1) is 20.6 Å². The Morgan fingerprint density at radius 2 is 2.04 bits per heavy atom. The zero-order valence-electron chi connectivity index (χ0n) is 15.3. The standard InChI is InChI=1S/C21H24N2OS2/c1-3-21(4-2,13-19-22-16-7-5-6-8-18(16)26-19)20(24)23-11-9-17-15(14-23)10-12-25-17/h5-8,10,12H,3-4,9,11,13-14H2,1-2H3. The molecule has 0 radical (unpaired) electrons. The van der Waals surface area contributed by atoms with E-state index in [0.717, 1.165) is 49.3 Å². The number of hydrogen-bond acceptors (Lipinski definition) is 4. The van der Waals surface area contributed by atoms with Crippen LogP contribution in [-0.2, 0) is 24.2 Å². The summed E-state index contributed by atoms with van der Waals surface area (Å²) in [5, 5.41) is 3.23. The van der Waals surface area contributed by atoms with Gasteiger partial charge < -0.3 is 4.90 Å². The molecule has 0 N–H and O–H groups in total. The number of rotatable bonds is 5. The van der Waals surface area contributed by atoms with Crippen LogP contribution >= 0.6 is 22.7 Å². The number of thiazole rings is 1. The minimum Gasteiger partial charge on any atom is -0.337 e. The molecule has 0 fully saturated rings. The average molecular weight is 385 g/mol. The van der Waals surface area contributed by atoms with Gasteiger partial charge in [-0.15, -0.1) is 22.7 Å². The lowest BCUT2D eigenvalue weighted by Gasteiger charge is -2.37. The summed E-state index contributed by atoms with van der Waals surface area (Å²) in [5.41, 5.74) is 2.03. The Hall–Kier alpha value is -1.72. The van der Waals surface area contributed by atoms with Crippen molar-refractivity contribution in [2.75, 3.05) is 6.54 Å². The van der Waals surface area contributed by atoms with Gasteiger partial charge in [0.2, 0.25) is 5.91 Å². The van der Waals surface area contributed by atoms with Crippen LogP contribution in [0.25, 0.3) is 10.2 Å². The number of hydrogen-bond donors (Lipinski definition) is 0. The van der Waals surface area contributed by atoms with E-state index in [2.05, 4.69) is 48.4 Å². The molecular formula is C21H24N2OS2.